The van der Waals surface area contributed by atoms with Crippen LogP contribution in [0, 0.1) is 0 Å². The number of carbonyl (C=O) groups excluding carboxylic acids is 1. The Bertz CT molecular complexity index is 813. The molecular formula is C15H22Cl2N4O3S2. The minimum absolute atomic E-state index is 0. The summed E-state index contributed by atoms with van der Waals surface area (Å²) in [4.78, 5) is 17.0. The lowest BCUT2D eigenvalue weighted by molar-refractivity contribution is 0.103. The lowest BCUT2D eigenvalue weighted by atomic mass is 10.3. The maximum absolute atomic E-state index is 12.2. The molecule has 0 saturated carbocycles. The van der Waals surface area contributed by atoms with Crippen LogP contribution in [0.3, 0.4) is 0 Å². The van der Waals surface area contributed by atoms with Gasteiger partial charge in [0.15, 0.2) is 0 Å². The Morgan fingerprint density at radius 3 is 2.69 bits per heavy atom. The summed E-state index contributed by atoms with van der Waals surface area (Å²) in [6, 6.07) is 6.07. The molecule has 26 heavy (non-hydrogen) atoms. The number of sulfonamides is 1. The molecule has 0 fully saturated rings. The zero-order chi connectivity index (χ0) is 17.6. The summed E-state index contributed by atoms with van der Waals surface area (Å²) in [5.41, 5.74) is 5.71. The molecule has 7 nitrogen and oxygen atoms in total. The summed E-state index contributed by atoms with van der Waals surface area (Å²) in [6.07, 6.45) is 3.33. The maximum Gasteiger partial charge on any atom is 0.267 e. The molecule has 1 aromatic carbocycles. The van der Waals surface area contributed by atoms with Gasteiger partial charge in [0.25, 0.3) is 5.91 Å². The van der Waals surface area contributed by atoms with Gasteiger partial charge in [-0.3, -0.25) is 4.79 Å². The molecule has 0 radical (unpaired) electrons. The summed E-state index contributed by atoms with van der Waals surface area (Å²) in [5, 5.41) is 3.60. The fourth-order valence-electron chi connectivity index (χ4n) is 1.96. The number of hydrogen-bond acceptors (Lipinski definition) is 6. The second-order valence-electron chi connectivity index (χ2n) is 5.04. The van der Waals surface area contributed by atoms with E-state index in [-0.39, 0.29) is 48.7 Å². The van der Waals surface area contributed by atoms with Crippen LogP contribution in [0.5, 0.6) is 0 Å². The van der Waals surface area contributed by atoms with Crippen molar-refractivity contribution < 1.29 is 13.2 Å². The molecule has 4 N–H and O–H groups in total. The van der Waals surface area contributed by atoms with Crippen LogP contribution in [-0.4, -0.2) is 32.4 Å². The summed E-state index contributed by atoms with van der Waals surface area (Å²) in [7, 11) is -3.64. The first-order valence-electron chi connectivity index (χ1n) is 7.52. The molecule has 0 aliphatic rings. The average molecular weight is 441 g/mol. The minimum atomic E-state index is -3.64. The van der Waals surface area contributed by atoms with Crippen LogP contribution in [0.1, 0.15) is 28.0 Å². The number of aromatic nitrogens is 1. The number of hydrogen-bond donors (Lipinski definition) is 3. The summed E-state index contributed by atoms with van der Waals surface area (Å²) in [5.74, 6) is -0.306. The van der Waals surface area contributed by atoms with Crippen LogP contribution >= 0.6 is 36.2 Å². The van der Waals surface area contributed by atoms with Crippen molar-refractivity contribution in [1.29, 1.82) is 0 Å². The molecule has 1 heterocycles. The zero-order valence-corrected chi connectivity index (χ0v) is 17.4. The molecule has 11 heteroatoms. The van der Waals surface area contributed by atoms with Crippen molar-refractivity contribution in [3.8, 4) is 0 Å². The van der Waals surface area contributed by atoms with Gasteiger partial charge in [-0.1, -0.05) is 13.0 Å². The van der Waals surface area contributed by atoms with E-state index in [4.69, 9.17) is 5.73 Å². The second-order valence-corrected chi connectivity index (χ2v) is 7.92. The van der Waals surface area contributed by atoms with Gasteiger partial charge in [-0.05, 0) is 31.0 Å². The molecular weight excluding hydrogens is 419 g/mol. The number of benzene rings is 1. The van der Waals surface area contributed by atoms with Crippen molar-refractivity contribution >= 4 is 57.8 Å². The first-order chi connectivity index (χ1) is 11.5. The van der Waals surface area contributed by atoms with Crippen molar-refractivity contribution in [3.63, 3.8) is 0 Å². The highest BCUT2D eigenvalue weighted by Gasteiger charge is 2.15. The number of aryl methyl sites for hydroxylation is 1. The van der Waals surface area contributed by atoms with Gasteiger partial charge in [-0.2, -0.15) is 0 Å². The standard InChI is InChI=1S/C15H20N4O3S2.2ClH/c1-2-4-14-17-10-13(23-14)15(20)19-11-5-3-6-12(9-11)24(21,22)18-8-7-16;;/h3,5-6,9-10,18H,2,4,7-8,16H2,1H3,(H,19,20);2*1H. The molecule has 2 aromatic rings. The number of carbonyl (C=O) groups is 1. The van der Waals surface area contributed by atoms with E-state index < -0.39 is 10.0 Å². The normalized spacial score (nSPS) is 10.5. The van der Waals surface area contributed by atoms with E-state index in [1.807, 2.05) is 6.92 Å². The molecule has 1 aromatic heterocycles. The Morgan fingerprint density at radius 1 is 1.31 bits per heavy atom. The summed E-state index contributed by atoms with van der Waals surface area (Å²) >= 11 is 1.34. The first-order valence-corrected chi connectivity index (χ1v) is 9.82. The number of anilines is 1. The lowest BCUT2D eigenvalue weighted by Crippen LogP contribution is -2.29. The van der Waals surface area contributed by atoms with E-state index in [2.05, 4.69) is 15.0 Å². The number of rotatable bonds is 8. The third-order valence-electron chi connectivity index (χ3n) is 3.08. The van der Waals surface area contributed by atoms with Crippen molar-refractivity contribution in [3.05, 3.63) is 40.3 Å². The number of halogens is 2. The summed E-state index contributed by atoms with van der Waals surface area (Å²) < 4.78 is 26.6. The van der Waals surface area contributed by atoms with Crippen LogP contribution in [0.4, 0.5) is 5.69 Å². The van der Waals surface area contributed by atoms with Gasteiger partial charge in [0.2, 0.25) is 10.0 Å². The fraction of sp³-hybridized carbons (Fsp3) is 0.333. The van der Waals surface area contributed by atoms with E-state index in [0.717, 1.165) is 17.8 Å². The molecule has 0 aliphatic heterocycles. The van der Waals surface area contributed by atoms with E-state index in [1.54, 1.807) is 12.1 Å². The highest BCUT2D eigenvalue weighted by Crippen LogP contribution is 2.19. The second kappa shape index (κ2) is 11.5. The van der Waals surface area contributed by atoms with E-state index in [1.165, 1.54) is 29.7 Å². The fourth-order valence-corrected chi connectivity index (χ4v) is 3.96. The van der Waals surface area contributed by atoms with Crippen molar-refractivity contribution in [2.45, 2.75) is 24.7 Å². The molecule has 2 rings (SSSR count). The Labute approximate surface area is 169 Å². The molecule has 146 valence electrons. The van der Waals surface area contributed by atoms with Crippen molar-refractivity contribution in [2.75, 3.05) is 18.4 Å². The highest BCUT2D eigenvalue weighted by atomic mass is 35.5. The van der Waals surface area contributed by atoms with E-state index in [9.17, 15) is 13.2 Å². The smallest absolute Gasteiger partial charge is 0.267 e. The van der Waals surface area contributed by atoms with Gasteiger partial charge in [0, 0.05) is 18.8 Å². The molecule has 0 atom stereocenters. The van der Waals surface area contributed by atoms with Crippen molar-refractivity contribution in [2.24, 2.45) is 5.73 Å². The topological polar surface area (TPSA) is 114 Å². The van der Waals surface area contributed by atoms with E-state index >= 15 is 0 Å². The van der Waals surface area contributed by atoms with Crippen LogP contribution in [0.25, 0.3) is 0 Å². The third kappa shape index (κ3) is 6.82. The number of nitrogens with zero attached hydrogens (tertiary/aromatic N) is 1. The predicted molar refractivity (Wildman–Crippen MR) is 109 cm³/mol. The van der Waals surface area contributed by atoms with Crippen LogP contribution in [0.15, 0.2) is 35.4 Å². The molecule has 1 amide bonds. The average Bonchev–Trinajstić information content (AvgIpc) is 3.02. The first kappa shape index (κ1) is 24.8. The molecule has 0 saturated heterocycles. The van der Waals surface area contributed by atoms with Crippen LogP contribution < -0.4 is 15.8 Å². The van der Waals surface area contributed by atoms with Gasteiger partial charge in [0.05, 0.1) is 16.1 Å². The summed E-state index contributed by atoms with van der Waals surface area (Å²) in [6.45, 7) is 2.41. The predicted octanol–water partition coefficient (Wildman–Crippen LogP) is 2.43. The Hall–Kier alpha value is -1.23. The molecule has 0 unspecified atom stereocenters. The highest BCUT2D eigenvalue weighted by molar-refractivity contribution is 7.89. The lowest BCUT2D eigenvalue weighted by Gasteiger charge is -2.08. The monoisotopic (exact) mass is 440 g/mol. The maximum atomic E-state index is 12.2. The number of amides is 1. The molecule has 0 aliphatic carbocycles. The van der Waals surface area contributed by atoms with Gasteiger partial charge in [-0.15, -0.1) is 36.2 Å². The zero-order valence-electron chi connectivity index (χ0n) is 14.1. The Balaban J connectivity index is 0.00000312. The van der Waals surface area contributed by atoms with E-state index in [0.29, 0.717) is 10.6 Å². The van der Waals surface area contributed by atoms with Crippen LogP contribution in [-0.2, 0) is 16.4 Å². The Morgan fingerprint density at radius 2 is 2.04 bits per heavy atom. The van der Waals surface area contributed by atoms with Gasteiger partial charge in [0.1, 0.15) is 4.88 Å². The van der Waals surface area contributed by atoms with Gasteiger partial charge in [-0.25, -0.2) is 18.1 Å². The van der Waals surface area contributed by atoms with Gasteiger partial charge < -0.3 is 11.1 Å². The largest absolute Gasteiger partial charge is 0.329 e. The van der Waals surface area contributed by atoms with Crippen LogP contribution in [0.2, 0.25) is 0 Å². The quantitative estimate of drug-likeness (QED) is 0.582. The Kier molecular flexibility index (Phi) is 10.9. The van der Waals surface area contributed by atoms with Gasteiger partial charge >= 0.3 is 0 Å². The minimum Gasteiger partial charge on any atom is -0.329 e. The number of nitrogens with two attached hydrogens (primary N) is 1. The number of nitrogens with one attached hydrogen (secondary N) is 2. The van der Waals surface area contributed by atoms with Crippen molar-refractivity contribution in [1.82, 2.24) is 9.71 Å². The molecule has 0 bridgehead atoms. The third-order valence-corrected chi connectivity index (χ3v) is 5.59. The molecule has 0 spiro atoms. The number of thiazole rings is 1. The SMILES string of the molecule is CCCc1ncc(C(=O)Nc2cccc(S(=O)(=O)NCCN)c2)s1.Cl.Cl.